The van der Waals surface area contributed by atoms with Crippen LogP contribution in [0.5, 0.6) is 0 Å². The molecule has 0 unspecified atom stereocenters. The highest BCUT2D eigenvalue weighted by molar-refractivity contribution is 7.90. The Labute approximate surface area is 180 Å². The van der Waals surface area contributed by atoms with Crippen LogP contribution in [0, 0.1) is 0 Å². The molecule has 0 aliphatic heterocycles. The van der Waals surface area contributed by atoms with Crippen LogP contribution >= 0.6 is 11.6 Å². The van der Waals surface area contributed by atoms with Gasteiger partial charge in [-0.05, 0) is 42.7 Å². The second-order valence-electron chi connectivity index (χ2n) is 6.76. The molecule has 1 amide bonds. The zero-order valence-corrected chi connectivity index (χ0v) is 17.8. The number of hydrogen-bond acceptors (Lipinski definition) is 6. The van der Waals surface area contributed by atoms with Crippen LogP contribution in [-0.4, -0.2) is 31.0 Å². The first kappa shape index (κ1) is 22.0. The highest BCUT2D eigenvalue weighted by Gasteiger charge is 2.19. The topological polar surface area (TPSA) is 102 Å². The summed E-state index contributed by atoms with van der Waals surface area (Å²) in [5.41, 5.74) is 1.23. The van der Waals surface area contributed by atoms with Crippen molar-refractivity contribution in [1.82, 2.24) is 15.5 Å². The summed E-state index contributed by atoms with van der Waals surface area (Å²) in [6.45, 7) is 0.585. The molecule has 0 saturated heterocycles. The van der Waals surface area contributed by atoms with Gasteiger partial charge in [-0.2, -0.15) is 4.98 Å². The zero-order chi connectivity index (χ0) is 21.4. The summed E-state index contributed by atoms with van der Waals surface area (Å²) in [7, 11) is -3.61. The molecule has 1 N–H and O–H groups in total. The molecular formula is C21H22ClN3O4S. The first-order chi connectivity index (χ1) is 14.4. The Balaban J connectivity index is 1.41. The van der Waals surface area contributed by atoms with Gasteiger partial charge in [0.25, 0.3) is 0 Å². The van der Waals surface area contributed by atoms with Crippen molar-refractivity contribution in [2.45, 2.75) is 36.3 Å². The number of amides is 1. The maximum Gasteiger partial charge on any atom is 0.227 e. The lowest BCUT2D eigenvalue weighted by atomic mass is 10.1. The molecule has 0 aliphatic rings. The van der Waals surface area contributed by atoms with Crippen molar-refractivity contribution < 1.29 is 17.7 Å². The molecule has 1 heterocycles. The predicted octanol–water partition coefficient (Wildman–Crippen LogP) is 3.38. The van der Waals surface area contributed by atoms with Crippen LogP contribution in [0.3, 0.4) is 0 Å². The lowest BCUT2D eigenvalue weighted by Crippen LogP contribution is -2.25. The van der Waals surface area contributed by atoms with Crippen LogP contribution in [-0.2, 0) is 33.2 Å². The van der Waals surface area contributed by atoms with Gasteiger partial charge in [0.2, 0.25) is 11.8 Å². The van der Waals surface area contributed by atoms with Crippen LogP contribution in [0.4, 0.5) is 0 Å². The largest absolute Gasteiger partial charge is 0.356 e. The van der Waals surface area contributed by atoms with Gasteiger partial charge in [0.15, 0.2) is 15.7 Å². The molecule has 0 spiro atoms. The molecule has 1 aromatic heterocycles. The molecule has 0 fully saturated rings. The van der Waals surface area contributed by atoms with E-state index < -0.39 is 9.84 Å². The van der Waals surface area contributed by atoms with Gasteiger partial charge in [-0.1, -0.05) is 47.1 Å². The van der Waals surface area contributed by atoms with E-state index in [9.17, 15) is 13.2 Å². The lowest BCUT2D eigenvalue weighted by Gasteiger charge is -2.04. The predicted molar refractivity (Wildman–Crippen MR) is 113 cm³/mol. The SMILES string of the molecule is O=C(CCc1nc(CS(=O)(=O)c2ccc(Cl)cc2)no1)NCCCc1ccccc1. The average Bonchev–Trinajstić information content (AvgIpc) is 3.17. The van der Waals surface area contributed by atoms with E-state index in [1.165, 1.54) is 29.8 Å². The Kier molecular flexibility index (Phi) is 7.59. The number of sulfone groups is 1. The standard InChI is InChI=1S/C21H22ClN3O4S/c22-17-8-10-18(11-9-17)30(27,28)15-19-24-21(29-25-19)13-12-20(26)23-14-4-7-16-5-2-1-3-6-16/h1-3,5-6,8-11H,4,7,12-15H2,(H,23,26). The molecule has 0 saturated carbocycles. The van der Waals surface area contributed by atoms with E-state index in [1.54, 1.807) is 0 Å². The molecule has 0 radical (unpaired) electrons. The maximum atomic E-state index is 12.4. The highest BCUT2D eigenvalue weighted by Crippen LogP contribution is 2.18. The fourth-order valence-electron chi connectivity index (χ4n) is 2.82. The van der Waals surface area contributed by atoms with Crippen molar-refractivity contribution >= 4 is 27.3 Å². The molecule has 3 rings (SSSR count). The van der Waals surface area contributed by atoms with Gasteiger partial charge in [-0.3, -0.25) is 4.79 Å². The Morgan fingerprint density at radius 3 is 2.50 bits per heavy atom. The van der Waals surface area contributed by atoms with Crippen LogP contribution in [0.25, 0.3) is 0 Å². The number of halogens is 1. The molecule has 9 heteroatoms. The van der Waals surface area contributed by atoms with Gasteiger partial charge >= 0.3 is 0 Å². The summed E-state index contributed by atoms with van der Waals surface area (Å²) >= 11 is 5.79. The molecule has 158 valence electrons. The number of rotatable bonds is 10. The minimum Gasteiger partial charge on any atom is -0.356 e. The van der Waals surface area contributed by atoms with Gasteiger partial charge in [-0.15, -0.1) is 0 Å². The van der Waals surface area contributed by atoms with Crippen molar-refractivity contribution in [3.8, 4) is 0 Å². The molecule has 0 aliphatic carbocycles. The van der Waals surface area contributed by atoms with E-state index >= 15 is 0 Å². The lowest BCUT2D eigenvalue weighted by molar-refractivity contribution is -0.121. The monoisotopic (exact) mass is 447 g/mol. The van der Waals surface area contributed by atoms with E-state index in [0.29, 0.717) is 11.6 Å². The van der Waals surface area contributed by atoms with Gasteiger partial charge in [0.1, 0.15) is 5.75 Å². The number of carbonyl (C=O) groups excluding carboxylic acids is 1. The van der Waals surface area contributed by atoms with Crippen molar-refractivity contribution in [2.24, 2.45) is 0 Å². The van der Waals surface area contributed by atoms with Gasteiger partial charge in [0.05, 0.1) is 4.90 Å². The van der Waals surface area contributed by atoms with Crippen molar-refractivity contribution in [3.05, 3.63) is 76.9 Å². The normalized spacial score (nSPS) is 11.4. The summed E-state index contributed by atoms with van der Waals surface area (Å²) in [6, 6.07) is 16.0. The third-order valence-corrected chi connectivity index (χ3v) is 6.26. The smallest absolute Gasteiger partial charge is 0.227 e. The van der Waals surface area contributed by atoms with Crippen molar-refractivity contribution in [2.75, 3.05) is 6.54 Å². The van der Waals surface area contributed by atoms with Crippen LogP contribution < -0.4 is 5.32 Å². The van der Waals surface area contributed by atoms with E-state index in [0.717, 1.165) is 12.8 Å². The third-order valence-electron chi connectivity index (χ3n) is 4.38. The first-order valence-corrected chi connectivity index (χ1v) is 11.6. The summed E-state index contributed by atoms with van der Waals surface area (Å²) in [5.74, 6) is -0.209. The van der Waals surface area contributed by atoms with E-state index in [4.69, 9.17) is 16.1 Å². The number of aromatic nitrogens is 2. The molecule has 0 bridgehead atoms. The minimum atomic E-state index is -3.61. The van der Waals surface area contributed by atoms with Crippen molar-refractivity contribution in [1.29, 1.82) is 0 Å². The van der Waals surface area contributed by atoms with Gasteiger partial charge < -0.3 is 9.84 Å². The maximum absolute atomic E-state index is 12.4. The van der Waals surface area contributed by atoms with Crippen LogP contribution in [0.2, 0.25) is 5.02 Å². The molecule has 3 aromatic rings. The van der Waals surface area contributed by atoms with Crippen molar-refractivity contribution in [3.63, 3.8) is 0 Å². The number of hydrogen-bond donors (Lipinski definition) is 1. The van der Waals surface area contributed by atoms with Crippen LogP contribution in [0.15, 0.2) is 64.0 Å². The first-order valence-electron chi connectivity index (χ1n) is 9.53. The average molecular weight is 448 g/mol. The number of nitrogens with zero attached hydrogens (tertiary/aromatic N) is 2. The second-order valence-corrected chi connectivity index (χ2v) is 9.18. The summed E-state index contributed by atoms with van der Waals surface area (Å²) in [5, 5.41) is 7.02. The zero-order valence-electron chi connectivity index (χ0n) is 16.3. The fraction of sp³-hybridized carbons (Fsp3) is 0.286. The molecule has 2 aromatic carbocycles. The van der Waals surface area contributed by atoms with Gasteiger partial charge in [-0.25, -0.2) is 8.42 Å². The minimum absolute atomic E-state index is 0.0585. The molecule has 0 atom stereocenters. The Hall–Kier alpha value is -2.71. The number of carbonyl (C=O) groups is 1. The number of nitrogens with one attached hydrogen (secondary N) is 1. The number of aryl methyl sites for hydroxylation is 2. The van der Waals surface area contributed by atoms with E-state index in [2.05, 4.69) is 27.6 Å². The summed E-state index contributed by atoms with van der Waals surface area (Å²) < 4.78 is 29.9. The second kappa shape index (κ2) is 10.4. The van der Waals surface area contributed by atoms with E-state index in [1.807, 2.05) is 18.2 Å². The fourth-order valence-corrected chi connectivity index (χ4v) is 4.12. The molecule has 7 nitrogen and oxygen atoms in total. The third kappa shape index (κ3) is 6.67. The number of benzene rings is 2. The molecule has 30 heavy (non-hydrogen) atoms. The highest BCUT2D eigenvalue weighted by atomic mass is 35.5. The van der Waals surface area contributed by atoms with E-state index in [-0.39, 0.29) is 41.1 Å². The summed E-state index contributed by atoms with van der Waals surface area (Å²) in [6.07, 6.45) is 2.19. The Morgan fingerprint density at radius 1 is 1.03 bits per heavy atom. The quantitative estimate of drug-likeness (QED) is 0.478. The Morgan fingerprint density at radius 2 is 1.77 bits per heavy atom. The van der Waals surface area contributed by atoms with Gasteiger partial charge in [0, 0.05) is 24.4 Å². The Bertz CT molecular complexity index is 1070. The summed E-state index contributed by atoms with van der Waals surface area (Å²) in [4.78, 5) is 16.2. The van der Waals surface area contributed by atoms with Crippen LogP contribution in [0.1, 0.15) is 30.1 Å². The molecular weight excluding hydrogens is 426 g/mol.